The lowest BCUT2D eigenvalue weighted by Crippen LogP contribution is -1.95. The average Bonchev–Trinajstić information content (AvgIpc) is 2.86. The number of methoxy groups -OCH3 is 2. The molecule has 18 heavy (non-hydrogen) atoms. The third-order valence-electron chi connectivity index (χ3n) is 2.54. The van der Waals surface area contributed by atoms with Crippen molar-refractivity contribution in [3.05, 3.63) is 35.4 Å². The van der Waals surface area contributed by atoms with Crippen LogP contribution in [0.15, 0.2) is 18.2 Å². The van der Waals surface area contributed by atoms with Crippen LogP contribution in [0.1, 0.15) is 17.2 Å². The highest BCUT2D eigenvalue weighted by Gasteiger charge is 2.07. The second-order valence-corrected chi connectivity index (χ2v) is 3.72. The van der Waals surface area contributed by atoms with Crippen LogP contribution in [0.3, 0.4) is 0 Å². The van der Waals surface area contributed by atoms with E-state index in [0.29, 0.717) is 29.6 Å². The summed E-state index contributed by atoms with van der Waals surface area (Å²) < 4.78 is 10.4. The van der Waals surface area contributed by atoms with Crippen molar-refractivity contribution in [1.82, 2.24) is 15.2 Å². The minimum Gasteiger partial charge on any atom is -0.493 e. The Morgan fingerprint density at radius 2 is 2.00 bits per heavy atom. The molecule has 2 rings (SSSR count). The highest BCUT2D eigenvalue weighted by molar-refractivity contribution is 5.43. The van der Waals surface area contributed by atoms with Gasteiger partial charge in [-0.3, -0.25) is 5.10 Å². The van der Waals surface area contributed by atoms with Gasteiger partial charge in [-0.1, -0.05) is 6.07 Å². The Bertz CT molecular complexity index is 525. The Hall–Kier alpha value is -2.08. The van der Waals surface area contributed by atoms with E-state index in [2.05, 4.69) is 15.2 Å². The molecule has 0 bridgehead atoms. The maximum absolute atomic E-state index is 8.89. The minimum atomic E-state index is -0.164. The summed E-state index contributed by atoms with van der Waals surface area (Å²) in [4.78, 5) is 4.13. The Morgan fingerprint density at radius 1 is 1.22 bits per heavy atom. The maximum atomic E-state index is 8.89. The van der Waals surface area contributed by atoms with Gasteiger partial charge in [-0.2, -0.15) is 5.10 Å². The molecule has 0 radical (unpaired) electrons. The topological polar surface area (TPSA) is 80.3 Å². The molecule has 0 atom stereocenters. The summed E-state index contributed by atoms with van der Waals surface area (Å²) in [7, 11) is 3.20. The van der Waals surface area contributed by atoms with E-state index in [4.69, 9.17) is 14.6 Å². The van der Waals surface area contributed by atoms with Gasteiger partial charge in [0.2, 0.25) is 0 Å². The normalized spacial score (nSPS) is 10.4. The molecule has 0 fully saturated rings. The van der Waals surface area contributed by atoms with Crippen molar-refractivity contribution in [2.24, 2.45) is 0 Å². The van der Waals surface area contributed by atoms with Gasteiger partial charge >= 0.3 is 0 Å². The van der Waals surface area contributed by atoms with E-state index < -0.39 is 0 Å². The molecule has 0 aliphatic heterocycles. The number of aliphatic hydroxyl groups excluding tert-OH is 1. The molecule has 0 unspecified atom stereocenters. The summed E-state index contributed by atoms with van der Waals surface area (Å²) in [6.07, 6.45) is 0.591. The summed E-state index contributed by atoms with van der Waals surface area (Å²) in [5.41, 5.74) is 1.02. The van der Waals surface area contributed by atoms with Gasteiger partial charge in [-0.25, -0.2) is 4.98 Å². The van der Waals surface area contributed by atoms with E-state index in [1.165, 1.54) is 0 Å². The van der Waals surface area contributed by atoms with Gasteiger partial charge in [-0.05, 0) is 17.7 Å². The quantitative estimate of drug-likeness (QED) is 0.823. The van der Waals surface area contributed by atoms with Crippen LogP contribution in [-0.4, -0.2) is 34.5 Å². The van der Waals surface area contributed by atoms with E-state index in [0.717, 1.165) is 5.56 Å². The summed E-state index contributed by atoms with van der Waals surface area (Å²) in [5, 5.41) is 15.5. The molecule has 1 aromatic heterocycles. The molecule has 1 heterocycles. The Labute approximate surface area is 105 Å². The third-order valence-corrected chi connectivity index (χ3v) is 2.54. The second kappa shape index (κ2) is 5.50. The highest BCUT2D eigenvalue weighted by Crippen LogP contribution is 2.28. The summed E-state index contributed by atoms with van der Waals surface area (Å²) in [6.45, 7) is -0.164. The zero-order valence-electron chi connectivity index (χ0n) is 10.3. The van der Waals surface area contributed by atoms with Crippen molar-refractivity contribution in [3.8, 4) is 11.5 Å². The van der Waals surface area contributed by atoms with Gasteiger partial charge < -0.3 is 14.6 Å². The minimum absolute atomic E-state index is 0.164. The fourth-order valence-corrected chi connectivity index (χ4v) is 1.67. The fraction of sp³-hybridized carbons (Fsp3) is 0.333. The van der Waals surface area contributed by atoms with Gasteiger partial charge in [0.1, 0.15) is 12.4 Å². The van der Waals surface area contributed by atoms with E-state index >= 15 is 0 Å². The van der Waals surface area contributed by atoms with Crippen molar-refractivity contribution in [2.75, 3.05) is 14.2 Å². The smallest absolute Gasteiger partial charge is 0.176 e. The van der Waals surface area contributed by atoms with Crippen molar-refractivity contribution in [1.29, 1.82) is 0 Å². The molecule has 0 aliphatic rings. The summed E-state index contributed by atoms with van der Waals surface area (Å²) >= 11 is 0. The predicted octanol–water partition coefficient (Wildman–Crippen LogP) is 0.905. The predicted molar refractivity (Wildman–Crippen MR) is 64.7 cm³/mol. The van der Waals surface area contributed by atoms with Crippen LogP contribution in [0.2, 0.25) is 0 Å². The number of aromatic nitrogens is 3. The molecular formula is C12H15N3O3. The Kier molecular flexibility index (Phi) is 3.78. The molecule has 0 amide bonds. The molecule has 6 heteroatoms. The standard InChI is InChI=1S/C12H15N3O3/c1-17-9-4-3-8(5-10(9)18-2)6-11-13-12(7-16)15-14-11/h3-5,16H,6-7H2,1-2H3,(H,13,14,15). The van der Waals surface area contributed by atoms with Crippen LogP contribution in [-0.2, 0) is 13.0 Å². The van der Waals surface area contributed by atoms with Crippen molar-refractivity contribution >= 4 is 0 Å². The average molecular weight is 249 g/mol. The first kappa shape index (κ1) is 12.4. The number of hydrogen-bond acceptors (Lipinski definition) is 5. The first-order chi connectivity index (χ1) is 8.76. The molecule has 1 aromatic carbocycles. The largest absolute Gasteiger partial charge is 0.493 e. The number of H-pyrrole nitrogens is 1. The van der Waals surface area contributed by atoms with E-state index in [1.54, 1.807) is 14.2 Å². The highest BCUT2D eigenvalue weighted by atomic mass is 16.5. The number of benzene rings is 1. The van der Waals surface area contributed by atoms with Crippen LogP contribution in [0.5, 0.6) is 11.5 Å². The maximum Gasteiger partial charge on any atom is 0.176 e. The van der Waals surface area contributed by atoms with E-state index in [1.807, 2.05) is 18.2 Å². The van der Waals surface area contributed by atoms with Crippen LogP contribution in [0, 0.1) is 0 Å². The molecule has 0 aliphatic carbocycles. The van der Waals surface area contributed by atoms with Crippen LogP contribution in [0.4, 0.5) is 0 Å². The van der Waals surface area contributed by atoms with Gasteiger partial charge in [0, 0.05) is 6.42 Å². The Morgan fingerprint density at radius 3 is 2.61 bits per heavy atom. The van der Waals surface area contributed by atoms with Gasteiger partial charge in [0.25, 0.3) is 0 Å². The number of aliphatic hydroxyl groups is 1. The number of ether oxygens (including phenoxy) is 2. The lowest BCUT2D eigenvalue weighted by atomic mass is 10.1. The zero-order valence-corrected chi connectivity index (χ0v) is 10.3. The van der Waals surface area contributed by atoms with Gasteiger partial charge in [-0.15, -0.1) is 0 Å². The lowest BCUT2D eigenvalue weighted by Gasteiger charge is -2.08. The monoisotopic (exact) mass is 249 g/mol. The summed E-state index contributed by atoms with van der Waals surface area (Å²) in [5.74, 6) is 2.46. The van der Waals surface area contributed by atoms with E-state index in [-0.39, 0.29) is 6.61 Å². The molecule has 2 N–H and O–H groups in total. The molecule has 0 spiro atoms. The summed E-state index contributed by atoms with van der Waals surface area (Å²) in [6, 6.07) is 5.67. The fourth-order valence-electron chi connectivity index (χ4n) is 1.67. The lowest BCUT2D eigenvalue weighted by molar-refractivity contribution is 0.272. The van der Waals surface area contributed by atoms with Crippen LogP contribution >= 0.6 is 0 Å². The van der Waals surface area contributed by atoms with Gasteiger partial charge in [0.05, 0.1) is 14.2 Å². The molecule has 0 saturated carbocycles. The van der Waals surface area contributed by atoms with Crippen molar-refractivity contribution in [2.45, 2.75) is 13.0 Å². The van der Waals surface area contributed by atoms with Gasteiger partial charge in [0.15, 0.2) is 17.3 Å². The van der Waals surface area contributed by atoms with Crippen LogP contribution in [0.25, 0.3) is 0 Å². The number of nitrogens with zero attached hydrogens (tertiary/aromatic N) is 2. The van der Waals surface area contributed by atoms with Crippen LogP contribution < -0.4 is 9.47 Å². The molecule has 2 aromatic rings. The first-order valence-corrected chi connectivity index (χ1v) is 5.48. The molecule has 6 nitrogen and oxygen atoms in total. The van der Waals surface area contributed by atoms with Crippen molar-refractivity contribution in [3.63, 3.8) is 0 Å². The second-order valence-electron chi connectivity index (χ2n) is 3.72. The Balaban J connectivity index is 2.18. The number of hydrogen-bond donors (Lipinski definition) is 2. The number of nitrogens with one attached hydrogen (secondary N) is 1. The van der Waals surface area contributed by atoms with E-state index in [9.17, 15) is 0 Å². The molecular weight excluding hydrogens is 234 g/mol. The number of aromatic amines is 1. The molecule has 0 saturated heterocycles. The third kappa shape index (κ3) is 2.60. The number of rotatable bonds is 5. The molecule has 96 valence electrons. The zero-order chi connectivity index (χ0) is 13.0. The SMILES string of the molecule is COc1ccc(Cc2nc(CO)n[nH]2)cc1OC. The van der Waals surface area contributed by atoms with Crippen molar-refractivity contribution < 1.29 is 14.6 Å². The first-order valence-electron chi connectivity index (χ1n) is 5.48.